The third-order valence-corrected chi connectivity index (χ3v) is 7.87. The second-order valence-electron chi connectivity index (χ2n) is 6.53. The van der Waals surface area contributed by atoms with E-state index in [1.807, 2.05) is 0 Å². The predicted molar refractivity (Wildman–Crippen MR) is 104 cm³/mol. The van der Waals surface area contributed by atoms with E-state index < -0.39 is 42.4 Å². The van der Waals surface area contributed by atoms with Gasteiger partial charge >= 0.3 is 0 Å². The van der Waals surface area contributed by atoms with Gasteiger partial charge in [-0.05, 0) is 12.8 Å². The van der Waals surface area contributed by atoms with Crippen molar-refractivity contribution in [1.29, 1.82) is 0 Å². The van der Waals surface area contributed by atoms with Crippen LogP contribution in [0.25, 0.3) is 11.0 Å². The summed E-state index contributed by atoms with van der Waals surface area (Å²) < 4.78 is 52.0. The summed E-state index contributed by atoms with van der Waals surface area (Å²) >= 11 is 0. The Morgan fingerprint density at radius 1 is 1.21 bits per heavy atom. The van der Waals surface area contributed by atoms with Gasteiger partial charge in [-0.15, -0.1) is 0 Å². The van der Waals surface area contributed by atoms with Crippen LogP contribution in [0.3, 0.4) is 0 Å². The average molecular weight is 524 g/mol. The maximum atomic E-state index is 11.7. The standard InChI is InChI=1S/C14H20N5O11P3/c15-5-1-2-9-6-19(14-12(9)13(16)17-8-18-14)11-4-3-10(28-11)7-27-32(23,24)30-33(25,26)29-31(20,21)22/h6,8,10-11H,3-5,7,15H2,(H,23,24)(H,25,26)(H2,16,17,18)(H2,20,21,22)/p-3/t10-,11+/m0/s1. The molecule has 0 aliphatic carbocycles. The highest BCUT2D eigenvalue weighted by Crippen LogP contribution is 2.61. The number of aromatic nitrogens is 3. The van der Waals surface area contributed by atoms with Crippen molar-refractivity contribution in [3.05, 3.63) is 18.1 Å². The van der Waals surface area contributed by atoms with Gasteiger partial charge in [-0.2, -0.15) is 0 Å². The molecule has 5 atom stereocenters. The summed E-state index contributed by atoms with van der Waals surface area (Å²) in [5, 5.41) is 0.491. The van der Waals surface area contributed by atoms with Crippen molar-refractivity contribution in [3.8, 4) is 11.8 Å². The van der Waals surface area contributed by atoms with Crippen molar-refractivity contribution in [3.63, 3.8) is 0 Å². The van der Waals surface area contributed by atoms with Crippen LogP contribution in [-0.2, 0) is 31.6 Å². The summed E-state index contributed by atoms with van der Waals surface area (Å²) in [6, 6.07) is 0. The summed E-state index contributed by atoms with van der Waals surface area (Å²) in [7, 11) is -17.4. The molecule has 2 aromatic heterocycles. The molecular weight excluding hydrogens is 507 g/mol. The van der Waals surface area contributed by atoms with Crippen LogP contribution in [-0.4, -0.2) is 38.7 Å². The number of nitrogen functional groups attached to an aromatic ring is 1. The number of hydrogen-bond donors (Lipinski definition) is 3. The summed E-state index contributed by atoms with van der Waals surface area (Å²) in [5.41, 5.74) is 12.3. The van der Waals surface area contributed by atoms with Crippen LogP contribution in [0.5, 0.6) is 0 Å². The van der Waals surface area contributed by atoms with Crippen LogP contribution in [0, 0.1) is 11.8 Å². The lowest BCUT2D eigenvalue weighted by Gasteiger charge is -2.32. The van der Waals surface area contributed by atoms with Crippen LogP contribution in [0.4, 0.5) is 5.82 Å². The summed E-state index contributed by atoms with van der Waals surface area (Å²) in [5.74, 6) is 5.77. The van der Waals surface area contributed by atoms with Crippen molar-refractivity contribution >= 4 is 40.3 Å². The SMILES string of the molecule is NCC#Cc1cn([C@H]2CC[C@@H](COP(=O)([O-])OP(=O)([O-])OP(=O)([O-])O)O2)c2ncnc(N)c12. The van der Waals surface area contributed by atoms with Crippen LogP contribution < -0.4 is 26.1 Å². The second kappa shape index (κ2) is 9.89. The minimum atomic E-state index is -5.96. The molecule has 3 rings (SSSR count). The highest BCUT2D eigenvalue weighted by molar-refractivity contribution is 7.65. The topological polar surface area (TPSA) is 260 Å². The van der Waals surface area contributed by atoms with Crippen molar-refractivity contribution in [2.24, 2.45) is 5.73 Å². The minimum Gasteiger partial charge on any atom is -0.756 e. The first-order valence-electron chi connectivity index (χ1n) is 8.99. The molecule has 1 fully saturated rings. The normalized spacial score (nSPS) is 23.9. The van der Waals surface area contributed by atoms with Gasteiger partial charge in [0, 0.05) is 6.20 Å². The van der Waals surface area contributed by atoms with E-state index in [-0.39, 0.29) is 12.4 Å². The van der Waals surface area contributed by atoms with Crippen molar-refractivity contribution in [1.82, 2.24) is 14.5 Å². The second-order valence-corrected chi connectivity index (χ2v) is 10.8. The van der Waals surface area contributed by atoms with E-state index in [1.54, 1.807) is 10.8 Å². The number of phosphoric acid groups is 3. The van der Waals surface area contributed by atoms with E-state index in [0.717, 1.165) is 0 Å². The van der Waals surface area contributed by atoms with Gasteiger partial charge in [0.15, 0.2) is 0 Å². The molecule has 19 heteroatoms. The van der Waals surface area contributed by atoms with Gasteiger partial charge in [-0.1, -0.05) is 11.8 Å². The number of anilines is 1. The van der Waals surface area contributed by atoms with Crippen LogP contribution in [0.2, 0.25) is 0 Å². The van der Waals surface area contributed by atoms with E-state index in [1.165, 1.54) is 6.33 Å². The number of ether oxygens (including phenoxy) is 1. The molecule has 1 saturated heterocycles. The summed E-state index contributed by atoms with van der Waals surface area (Å²) in [6.45, 7) is -0.537. The van der Waals surface area contributed by atoms with Gasteiger partial charge in [0.2, 0.25) is 0 Å². The summed E-state index contributed by atoms with van der Waals surface area (Å²) in [6.07, 6.45) is 2.15. The van der Waals surface area contributed by atoms with Gasteiger partial charge < -0.3 is 44.9 Å². The molecule has 0 aromatic carbocycles. The molecule has 3 heterocycles. The molecule has 1 aliphatic heterocycles. The molecule has 2 aromatic rings. The molecule has 182 valence electrons. The number of hydrogen-bond acceptors (Lipinski definition) is 14. The zero-order valence-corrected chi connectivity index (χ0v) is 19.2. The van der Waals surface area contributed by atoms with E-state index >= 15 is 0 Å². The van der Waals surface area contributed by atoms with Crippen LogP contribution in [0.15, 0.2) is 12.5 Å². The van der Waals surface area contributed by atoms with E-state index in [4.69, 9.17) is 21.1 Å². The fraction of sp³-hybridized carbons (Fsp3) is 0.429. The van der Waals surface area contributed by atoms with Crippen LogP contribution in [0.1, 0.15) is 24.6 Å². The molecule has 33 heavy (non-hydrogen) atoms. The molecule has 5 N–H and O–H groups in total. The molecule has 3 unspecified atom stereocenters. The molecule has 0 saturated carbocycles. The Morgan fingerprint density at radius 2 is 1.94 bits per heavy atom. The van der Waals surface area contributed by atoms with E-state index in [0.29, 0.717) is 29.4 Å². The lowest BCUT2D eigenvalue weighted by Crippen LogP contribution is -2.20. The maximum Gasteiger partial charge on any atom is 0.280 e. The third kappa shape index (κ3) is 6.91. The monoisotopic (exact) mass is 524 g/mol. The van der Waals surface area contributed by atoms with Crippen molar-refractivity contribution < 1.29 is 51.2 Å². The highest BCUT2D eigenvalue weighted by atomic mass is 31.3. The molecule has 0 spiro atoms. The third-order valence-electron chi connectivity index (χ3n) is 4.18. The van der Waals surface area contributed by atoms with Crippen molar-refractivity contribution in [2.45, 2.75) is 25.2 Å². The molecule has 0 amide bonds. The zero-order chi connectivity index (χ0) is 24.4. The molecule has 0 radical (unpaired) electrons. The Kier molecular flexibility index (Phi) is 7.77. The lowest BCUT2D eigenvalue weighted by molar-refractivity contribution is -0.250. The molecule has 1 aliphatic rings. The van der Waals surface area contributed by atoms with Crippen LogP contribution >= 0.6 is 23.5 Å². The zero-order valence-electron chi connectivity index (χ0n) is 16.5. The molecule has 0 bridgehead atoms. The van der Waals surface area contributed by atoms with Crippen molar-refractivity contribution in [2.75, 3.05) is 18.9 Å². The Labute approximate surface area is 186 Å². The lowest BCUT2D eigenvalue weighted by atomic mass is 10.2. The minimum absolute atomic E-state index is 0.114. The quantitative estimate of drug-likeness (QED) is 0.261. The van der Waals surface area contributed by atoms with Gasteiger partial charge in [-0.3, -0.25) is 13.7 Å². The first-order valence-corrected chi connectivity index (χ1v) is 13.4. The Balaban J connectivity index is 1.68. The first-order chi connectivity index (χ1) is 15.3. The fourth-order valence-corrected chi connectivity index (χ4v) is 5.96. The Bertz CT molecular complexity index is 1230. The number of phosphoric ester groups is 1. The number of nitrogens with zero attached hydrogens (tertiary/aromatic N) is 3. The fourth-order valence-electron chi connectivity index (χ4n) is 3.04. The van der Waals surface area contributed by atoms with Gasteiger partial charge in [0.05, 0.1) is 30.2 Å². The highest BCUT2D eigenvalue weighted by Gasteiger charge is 2.31. The van der Waals surface area contributed by atoms with E-state index in [2.05, 4.69) is 35.0 Å². The van der Waals surface area contributed by atoms with Gasteiger partial charge in [-0.25, -0.2) is 18.6 Å². The largest absolute Gasteiger partial charge is 0.756 e. The average Bonchev–Trinajstić information content (AvgIpc) is 3.27. The van der Waals surface area contributed by atoms with Gasteiger partial charge in [0.1, 0.15) is 24.0 Å². The molecule has 16 nitrogen and oxygen atoms in total. The maximum absolute atomic E-state index is 11.7. The molecular formula is C14H17N5O11P3-3. The number of rotatable bonds is 8. The summed E-state index contributed by atoms with van der Waals surface area (Å²) in [4.78, 5) is 49.9. The van der Waals surface area contributed by atoms with E-state index in [9.17, 15) is 28.4 Å². The van der Waals surface area contributed by atoms with Gasteiger partial charge in [0.25, 0.3) is 23.5 Å². The first kappa shape index (κ1) is 25.9. The predicted octanol–water partition coefficient (Wildman–Crippen LogP) is -1.55. The number of fused-ring (bicyclic) bond motifs is 1. The smallest absolute Gasteiger partial charge is 0.280 e. The Morgan fingerprint density at radius 3 is 2.61 bits per heavy atom. The number of nitrogens with two attached hydrogens (primary N) is 2. The Hall–Kier alpha value is -1.69.